The first kappa shape index (κ1) is 16.0. The second-order valence-corrected chi connectivity index (χ2v) is 10.1. The summed E-state index contributed by atoms with van der Waals surface area (Å²) in [6, 6.07) is 0. The number of rotatable bonds is 2. The predicted octanol–water partition coefficient (Wildman–Crippen LogP) is 4.63. The van der Waals surface area contributed by atoms with E-state index in [1.165, 1.54) is 0 Å². The van der Waals surface area contributed by atoms with E-state index in [4.69, 9.17) is 11.6 Å². The highest BCUT2D eigenvalue weighted by molar-refractivity contribution is 14.1. The molecule has 0 aromatic rings. The van der Waals surface area contributed by atoms with Crippen molar-refractivity contribution in [2.75, 3.05) is 14.1 Å². The van der Waals surface area contributed by atoms with Crippen LogP contribution in [0.15, 0.2) is 0 Å². The molecule has 15 heavy (non-hydrogen) atoms. The second-order valence-electron chi connectivity index (χ2n) is 7.03. The lowest BCUT2D eigenvalue weighted by Gasteiger charge is -2.51. The van der Waals surface area contributed by atoms with Crippen LogP contribution in [-0.2, 0) is 0 Å². The molecule has 0 spiro atoms. The molecule has 0 radical (unpaired) electrons. The van der Waals surface area contributed by atoms with Crippen molar-refractivity contribution in [3.8, 4) is 0 Å². The van der Waals surface area contributed by atoms with Gasteiger partial charge in [0, 0.05) is 29.0 Å². The average Bonchev–Trinajstić information content (AvgIpc) is 1.77. The molecule has 1 nitrogen and oxygen atoms in total. The molecule has 92 valence electrons. The summed E-state index contributed by atoms with van der Waals surface area (Å²) in [7, 11) is 4.43. The fourth-order valence-corrected chi connectivity index (χ4v) is 3.85. The number of alkyl halides is 2. The fourth-order valence-electron chi connectivity index (χ4n) is 1.33. The van der Waals surface area contributed by atoms with E-state index in [-0.39, 0.29) is 14.0 Å². The summed E-state index contributed by atoms with van der Waals surface area (Å²) in [6.07, 6.45) is 0.992. The summed E-state index contributed by atoms with van der Waals surface area (Å²) >= 11 is 9.16. The number of hydrogen-bond donors (Lipinski definition) is 0. The molecule has 1 unspecified atom stereocenters. The molecule has 0 heterocycles. The third kappa shape index (κ3) is 4.04. The van der Waals surface area contributed by atoms with Gasteiger partial charge < -0.3 is 0 Å². The van der Waals surface area contributed by atoms with Crippen molar-refractivity contribution in [3.05, 3.63) is 0 Å². The molecule has 1 atom stereocenters. The Labute approximate surface area is 114 Å². The average molecular weight is 347 g/mol. The molecule has 0 N–H and O–H groups in total. The zero-order valence-electron chi connectivity index (χ0n) is 11.4. The van der Waals surface area contributed by atoms with Gasteiger partial charge in [0.15, 0.2) is 0 Å². The Hall–Kier alpha value is 0.980. The van der Waals surface area contributed by atoms with Crippen LogP contribution in [0, 0.1) is 5.41 Å². The highest BCUT2D eigenvalue weighted by Gasteiger charge is 2.50. The maximum absolute atomic E-state index is 6.76. The molecule has 0 aliphatic carbocycles. The molecular formula is C12H26ClIN+. The van der Waals surface area contributed by atoms with Crippen molar-refractivity contribution in [2.45, 2.75) is 56.5 Å². The molecule has 0 amide bonds. The molecule has 0 rings (SSSR count). The highest BCUT2D eigenvalue weighted by Crippen LogP contribution is 2.46. The van der Waals surface area contributed by atoms with E-state index in [2.05, 4.69) is 78.2 Å². The van der Waals surface area contributed by atoms with E-state index in [1.54, 1.807) is 0 Å². The maximum Gasteiger partial charge on any atom is 0.224 e. The van der Waals surface area contributed by atoms with E-state index >= 15 is 0 Å². The van der Waals surface area contributed by atoms with Gasteiger partial charge in [-0.2, -0.15) is 0 Å². The molecule has 0 bridgehead atoms. The first-order valence-corrected chi connectivity index (χ1v) is 6.88. The van der Waals surface area contributed by atoms with Gasteiger partial charge in [0.05, 0.1) is 19.6 Å². The second kappa shape index (κ2) is 4.34. The van der Waals surface area contributed by atoms with Crippen LogP contribution in [-0.4, -0.2) is 27.1 Å². The highest BCUT2D eigenvalue weighted by atomic mass is 127. The summed E-state index contributed by atoms with van der Waals surface area (Å²) in [6.45, 7) is 13.4. The van der Waals surface area contributed by atoms with E-state index < -0.39 is 0 Å². The standard InChI is InChI=1S/C12H26ClIN/c1-10(2,3)9-12(13,14)15(7,8)11(4,5)6/h9H2,1-8H3/q+1. The maximum atomic E-state index is 6.76. The van der Waals surface area contributed by atoms with Crippen molar-refractivity contribution >= 4 is 34.2 Å². The van der Waals surface area contributed by atoms with Crippen LogP contribution in [0.1, 0.15) is 48.0 Å². The van der Waals surface area contributed by atoms with Crippen LogP contribution in [0.2, 0.25) is 0 Å². The minimum atomic E-state index is -0.256. The SMILES string of the molecule is CC(C)(C)CC(Cl)(I)[N+](C)(C)C(C)(C)C. The van der Waals surface area contributed by atoms with Crippen LogP contribution in [0.4, 0.5) is 0 Å². The Morgan fingerprint density at radius 1 is 1.00 bits per heavy atom. The molecule has 0 aromatic heterocycles. The summed E-state index contributed by atoms with van der Waals surface area (Å²) in [4.78, 5) is 0. The van der Waals surface area contributed by atoms with Gasteiger partial charge in [-0.3, -0.25) is 4.48 Å². The van der Waals surface area contributed by atoms with Crippen LogP contribution < -0.4 is 0 Å². The van der Waals surface area contributed by atoms with Gasteiger partial charge >= 0.3 is 0 Å². The van der Waals surface area contributed by atoms with Gasteiger partial charge in [0.1, 0.15) is 0 Å². The minimum Gasteiger partial charge on any atom is -0.299 e. The van der Waals surface area contributed by atoms with Gasteiger partial charge in [-0.25, -0.2) is 0 Å². The van der Waals surface area contributed by atoms with Crippen molar-refractivity contribution in [2.24, 2.45) is 5.41 Å². The molecular weight excluding hydrogens is 320 g/mol. The monoisotopic (exact) mass is 346 g/mol. The van der Waals surface area contributed by atoms with Gasteiger partial charge in [-0.05, 0) is 37.8 Å². The lowest BCUT2D eigenvalue weighted by molar-refractivity contribution is -0.952. The van der Waals surface area contributed by atoms with E-state index in [9.17, 15) is 0 Å². The van der Waals surface area contributed by atoms with Crippen LogP contribution in [0.25, 0.3) is 0 Å². The molecule has 0 aromatic carbocycles. The Kier molecular flexibility index (Phi) is 4.62. The third-order valence-corrected chi connectivity index (χ3v) is 5.38. The zero-order chi connectivity index (χ0) is 12.7. The number of quaternary nitrogens is 1. The van der Waals surface area contributed by atoms with Gasteiger partial charge in [0.2, 0.25) is 3.00 Å². The normalized spacial score (nSPS) is 18.8. The quantitative estimate of drug-likeness (QED) is 0.296. The van der Waals surface area contributed by atoms with Crippen LogP contribution in [0.3, 0.4) is 0 Å². The topological polar surface area (TPSA) is 0 Å². The van der Waals surface area contributed by atoms with Gasteiger partial charge in [-0.1, -0.05) is 20.8 Å². The van der Waals surface area contributed by atoms with Crippen LogP contribution in [0.5, 0.6) is 0 Å². The van der Waals surface area contributed by atoms with Crippen molar-refractivity contribution in [1.29, 1.82) is 0 Å². The molecule has 3 heteroatoms. The van der Waals surface area contributed by atoms with E-state index in [0.717, 1.165) is 10.9 Å². The minimum absolute atomic E-state index is 0.147. The fraction of sp³-hybridized carbons (Fsp3) is 1.00. The lowest BCUT2D eigenvalue weighted by atomic mass is 9.90. The molecule has 0 saturated carbocycles. The summed E-state index contributed by atoms with van der Waals surface area (Å²) in [5, 5.41) is 0. The first-order chi connectivity index (χ1) is 6.21. The largest absolute Gasteiger partial charge is 0.299 e. The first-order valence-electron chi connectivity index (χ1n) is 5.43. The predicted molar refractivity (Wildman–Crippen MR) is 78.5 cm³/mol. The Bertz CT molecular complexity index is 221. The Morgan fingerprint density at radius 2 is 1.33 bits per heavy atom. The third-order valence-electron chi connectivity index (χ3n) is 3.24. The Balaban J connectivity index is 5.03. The summed E-state index contributed by atoms with van der Waals surface area (Å²) < 4.78 is 0.549. The molecule has 0 aliphatic heterocycles. The van der Waals surface area contributed by atoms with Crippen molar-refractivity contribution in [3.63, 3.8) is 0 Å². The number of hydrogen-bond acceptors (Lipinski definition) is 0. The van der Waals surface area contributed by atoms with Gasteiger partial charge in [0.25, 0.3) is 0 Å². The Morgan fingerprint density at radius 3 is 1.53 bits per heavy atom. The smallest absolute Gasteiger partial charge is 0.224 e. The number of halogens is 2. The molecule has 0 fully saturated rings. The summed E-state index contributed by atoms with van der Waals surface area (Å²) in [5.74, 6) is 0. The van der Waals surface area contributed by atoms with Crippen LogP contribution >= 0.6 is 34.2 Å². The van der Waals surface area contributed by atoms with E-state index in [0.29, 0.717) is 0 Å². The van der Waals surface area contributed by atoms with Crippen molar-refractivity contribution < 1.29 is 4.48 Å². The van der Waals surface area contributed by atoms with E-state index in [1.807, 2.05) is 0 Å². The van der Waals surface area contributed by atoms with Gasteiger partial charge in [-0.15, -0.1) is 0 Å². The molecule has 0 saturated heterocycles. The lowest BCUT2D eigenvalue weighted by Crippen LogP contribution is -2.63. The molecule has 0 aliphatic rings. The zero-order valence-corrected chi connectivity index (χ0v) is 14.3. The summed E-state index contributed by atoms with van der Waals surface area (Å²) in [5.41, 5.74) is 0.401. The van der Waals surface area contributed by atoms with Crippen molar-refractivity contribution in [1.82, 2.24) is 0 Å². The number of nitrogens with zero attached hydrogens (tertiary/aromatic N) is 1.